The van der Waals surface area contributed by atoms with E-state index in [0.29, 0.717) is 0 Å². The molecule has 1 atom stereocenters. The molecule has 0 radical (unpaired) electrons. The van der Waals surface area contributed by atoms with Crippen molar-refractivity contribution in [3.63, 3.8) is 0 Å². The Balaban J connectivity index is 2.11. The Morgan fingerprint density at radius 2 is 2.00 bits per heavy atom. The molecule has 0 N–H and O–H groups in total. The molecule has 0 aromatic carbocycles. The highest BCUT2D eigenvalue weighted by molar-refractivity contribution is 4.81. The molecule has 1 unspecified atom stereocenters. The molecule has 0 spiro atoms. The van der Waals surface area contributed by atoms with Gasteiger partial charge in [0, 0.05) is 0 Å². The molecule has 1 aliphatic rings. The third-order valence-electron chi connectivity index (χ3n) is 2.44. The smallest absolute Gasteiger partial charge is 0.130 e. The summed E-state index contributed by atoms with van der Waals surface area (Å²) in [5.41, 5.74) is 0.0924. The van der Waals surface area contributed by atoms with E-state index in [1.807, 2.05) is 0 Å². The second-order valence-electron chi connectivity index (χ2n) is 3.34. The van der Waals surface area contributed by atoms with Crippen molar-refractivity contribution in [1.29, 1.82) is 0 Å². The van der Waals surface area contributed by atoms with Gasteiger partial charge in [-0.3, -0.25) is 0 Å². The molecule has 1 rings (SSSR count). The van der Waals surface area contributed by atoms with Gasteiger partial charge in [-0.25, -0.2) is 9.78 Å². The molecule has 0 aliphatic carbocycles. The van der Waals surface area contributed by atoms with Crippen LogP contribution in [-0.4, -0.2) is 12.2 Å². The van der Waals surface area contributed by atoms with Crippen molar-refractivity contribution in [3.8, 4) is 0 Å². The highest BCUT2D eigenvalue weighted by atomic mass is 17.2. The Kier molecular flexibility index (Phi) is 3.34. The van der Waals surface area contributed by atoms with Gasteiger partial charge in [0.15, 0.2) is 0 Å². The summed E-state index contributed by atoms with van der Waals surface area (Å²) in [5, 5.41) is 0. The third-order valence-corrected chi connectivity index (χ3v) is 2.44. The first-order valence-electron chi connectivity index (χ1n) is 4.63. The van der Waals surface area contributed by atoms with E-state index in [4.69, 9.17) is 9.78 Å². The van der Waals surface area contributed by atoms with Gasteiger partial charge in [-0.2, -0.15) is 0 Å². The largest absolute Gasteiger partial charge is 0.233 e. The van der Waals surface area contributed by atoms with Gasteiger partial charge in [0.25, 0.3) is 0 Å². The van der Waals surface area contributed by atoms with E-state index in [9.17, 15) is 0 Å². The summed E-state index contributed by atoms with van der Waals surface area (Å²) in [6, 6.07) is 0. The lowest BCUT2D eigenvalue weighted by Crippen LogP contribution is -2.46. The zero-order valence-electron chi connectivity index (χ0n) is 7.56. The zero-order chi connectivity index (χ0) is 8.16. The third kappa shape index (κ3) is 2.17. The van der Waals surface area contributed by atoms with Gasteiger partial charge in [0.05, 0.1) is 0 Å². The lowest BCUT2D eigenvalue weighted by molar-refractivity contribution is -0.473. The van der Waals surface area contributed by atoms with Gasteiger partial charge in [0.2, 0.25) is 0 Å². The first-order valence-corrected chi connectivity index (χ1v) is 4.63. The maximum Gasteiger partial charge on any atom is 0.130 e. The fourth-order valence-corrected chi connectivity index (χ4v) is 1.37. The highest BCUT2D eigenvalue weighted by Gasteiger charge is 2.38. The van der Waals surface area contributed by atoms with Gasteiger partial charge in [-0.15, -0.1) is 0 Å². The highest BCUT2D eigenvalue weighted by Crippen LogP contribution is 2.31. The molecule has 66 valence electrons. The van der Waals surface area contributed by atoms with Crippen LogP contribution in [0.2, 0.25) is 0 Å². The summed E-state index contributed by atoms with van der Waals surface area (Å²) in [6.45, 7) is 5.18. The Labute approximate surface area is 68.8 Å². The van der Waals surface area contributed by atoms with E-state index in [1.54, 1.807) is 0 Å². The topological polar surface area (TPSA) is 18.5 Å². The zero-order valence-corrected chi connectivity index (χ0v) is 7.56. The molecule has 2 nitrogen and oxygen atoms in total. The molecular weight excluding hydrogens is 140 g/mol. The fraction of sp³-hybridized carbons (Fsp3) is 1.00. The molecule has 1 fully saturated rings. The minimum absolute atomic E-state index is 0.0924. The van der Waals surface area contributed by atoms with Crippen LogP contribution in [0.3, 0.4) is 0 Å². The summed E-state index contributed by atoms with van der Waals surface area (Å²) < 4.78 is 0. The second kappa shape index (κ2) is 4.07. The maximum absolute atomic E-state index is 5.11. The Bertz CT molecular complexity index is 103. The van der Waals surface area contributed by atoms with Crippen LogP contribution in [0, 0.1) is 0 Å². The first-order chi connectivity index (χ1) is 5.33. The van der Waals surface area contributed by atoms with E-state index in [0.717, 1.165) is 19.4 Å². The molecule has 11 heavy (non-hydrogen) atoms. The molecule has 0 aromatic heterocycles. The average molecular weight is 158 g/mol. The van der Waals surface area contributed by atoms with Crippen LogP contribution in [0.5, 0.6) is 0 Å². The summed E-state index contributed by atoms with van der Waals surface area (Å²) in [5.74, 6) is 0. The summed E-state index contributed by atoms with van der Waals surface area (Å²) in [6.07, 6.45) is 6.10. The van der Waals surface area contributed by atoms with Crippen LogP contribution in [0.1, 0.15) is 46.0 Å². The molecule has 0 bridgehead atoms. The molecule has 1 aliphatic heterocycles. The summed E-state index contributed by atoms with van der Waals surface area (Å²) in [7, 11) is 0. The number of hydrogen-bond acceptors (Lipinski definition) is 2. The lowest BCUT2D eigenvalue weighted by Gasteiger charge is -2.38. The van der Waals surface area contributed by atoms with Crippen LogP contribution in [-0.2, 0) is 9.78 Å². The van der Waals surface area contributed by atoms with E-state index in [-0.39, 0.29) is 5.60 Å². The molecule has 2 heteroatoms. The minimum atomic E-state index is 0.0924. The van der Waals surface area contributed by atoms with Crippen LogP contribution in [0.25, 0.3) is 0 Å². The predicted octanol–water partition coefficient (Wildman–Crippen LogP) is 2.68. The molecule has 0 aromatic rings. The lowest BCUT2D eigenvalue weighted by atomic mass is 9.93. The van der Waals surface area contributed by atoms with Crippen molar-refractivity contribution < 1.29 is 9.78 Å². The van der Waals surface area contributed by atoms with Crippen molar-refractivity contribution in [2.45, 2.75) is 51.6 Å². The van der Waals surface area contributed by atoms with Gasteiger partial charge < -0.3 is 0 Å². The van der Waals surface area contributed by atoms with Crippen molar-refractivity contribution >= 4 is 0 Å². The van der Waals surface area contributed by atoms with Crippen LogP contribution in [0.4, 0.5) is 0 Å². The van der Waals surface area contributed by atoms with Crippen molar-refractivity contribution in [3.05, 3.63) is 0 Å². The van der Waals surface area contributed by atoms with Crippen molar-refractivity contribution in [2.75, 3.05) is 6.61 Å². The fourth-order valence-electron chi connectivity index (χ4n) is 1.37. The van der Waals surface area contributed by atoms with Gasteiger partial charge in [-0.1, -0.05) is 33.1 Å². The van der Waals surface area contributed by atoms with Crippen LogP contribution < -0.4 is 0 Å². The molecule has 1 heterocycles. The standard InChI is InChI=1S/C9H18O2/c1-3-5-6-7-9(4-2)8-10-11-9/h3-8H2,1-2H3. The van der Waals surface area contributed by atoms with E-state index >= 15 is 0 Å². The summed E-state index contributed by atoms with van der Waals surface area (Å²) >= 11 is 0. The maximum atomic E-state index is 5.11. The molecule has 0 saturated carbocycles. The number of unbranched alkanes of at least 4 members (excludes halogenated alkanes) is 2. The minimum Gasteiger partial charge on any atom is -0.233 e. The first kappa shape index (κ1) is 9.01. The quantitative estimate of drug-likeness (QED) is 0.452. The molecule has 0 amide bonds. The normalized spacial score (nSPS) is 30.0. The number of hydrogen-bond donors (Lipinski definition) is 0. The van der Waals surface area contributed by atoms with Crippen molar-refractivity contribution in [2.24, 2.45) is 0 Å². The summed E-state index contributed by atoms with van der Waals surface area (Å²) in [4.78, 5) is 9.87. The van der Waals surface area contributed by atoms with E-state index in [1.165, 1.54) is 19.3 Å². The Morgan fingerprint density at radius 1 is 1.27 bits per heavy atom. The van der Waals surface area contributed by atoms with Crippen LogP contribution in [0.15, 0.2) is 0 Å². The van der Waals surface area contributed by atoms with Crippen LogP contribution >= 0.6 is 0 Å². The van der Waals surface area contributed by atoms with Gasteiger partial charge >= 0.3 is 0 Å². The van der Waals surface area contributed by atoms with Crippen molar-refractivity contribution in [1.82, 2.24) is 0 Å². The SMILES string of the molecule is CCCCCC1(CC)COO1. The predicted molar refractivity (Wildman–Crippen MR) is 44.2 cm³/mol. The Morgan fingerprint density at radius 3 is 2.36 bits per heavy atom. The van der Waals surface area contributed by atoms with Gasteiger partial charge in [0.1, 0.15) is 12.2 Å². The Hall–Kier alpha value is -0.0800. The molecule has 1 saturated heterocycles. The van der Waals surface area contributed by atoms with E-state index in [2.05, 4.69) is 13.8 Å². The van der Waals surface area contributed by atoms with Gasteiger partial charge in [-0.05, 0) is 12.8 Å². The van der Waals surface area contributed by atoms with E-state index < -0.39 is 0 Å². The average Bonchev–Trinajstić information content (AvgIpc) is 1.95. The monoisotopic (exact) mass is 158 g/mol. The number of rotatable bonds is 5. The molecular formula is C9H18O2. The second-order valence-corrected chi connectivity index (χ2v) is 3.34.